The summed E-state index contributed by atoms with van der Waals surface area (Å²) in [5, 5.41) is 3.36. The summed E-state index contributed by atoms with van der Waals surface area (Å²) in [6.45, 7) is 8.31. The first kappa shape index (κ1) is 17.8. The van der Waals surface area contributed by atoms with Crippen LogP contribution >= 0.6 is 0 Å². The number of hydrogen-bond acceptors (Lipinski definition) is 2. The molecule has 0 bridgehead atoms. The van der Waals surface area contributed by atoms with Gasteiger partial charge in [0.2, 0.25) is 0 Å². The maximum absolute atomic E-state index is 4.80. The van der Waals surface area contributed by atoms with Crippen molar-refractivity contribution in [3.05, 3.63) is 61.2 Å². The fourth-order valence-corrected chi connectivity index (χ4v) is 2.51. The van der Waals surface area contributed by atoms with E-state index >= 15 is 0 Å². The second kappa shape index (κ2) is 9.55. The summed E-state index contributed by atoms with van der Waals surface area (Å²) < 4.78 is 2.02. The Morgan fingerprint density at radius 3 is 2.96 bits per heavy atom. The average molecular weight is 325 g/mol. The van der Waals surface area contributed by atoms with Crippen LogP contribution in [0.25, 0.3) is 5.69 Å². The van der Waals surface area contributed by atoms with Crippen LogP contribution in [0.1, 0.15) is 25.3 Å². The maximum Gasteiger partial charge on any atom is 0.193 e. The molecule has 128 valence electrons. The molecule has 5 nitrogen and oxygen atoms in total. The fraction of sp³-hybridized carbons (Fsp3) is 0.368. The van der Waals surface area contributed by atoms with Gasteiger partial charge >= 0.3 is 0 Å². The minimum atomic E-state index is 0.627. The second-order valence-electron chi connectivity index (χ2n) is 5.62. The second-order valence-corrected chi connectivity index (χ2v) is 5.62. The highest BCUT2D eigenvalue weighted by Gasteiger charge is 2.07. The lowest BCUT2D eigenvalue weighted by atomic mass is 10.2. The van der Waals surface area contributed by atoms with E-state index in [9.17, 15) is 0 Å². The zero-order chi connectivity index (χ0) is 17.2. The summed E-state index contributed by atoms with van der Waals surface area (Å²) in [5.74, 6) is 0.932. The first-order valence-corrected chi connectivity index (χ1v) is 8.42. The Morgan fingerprint density at radius 1 is 1.42 bits per heavy atom. The van der Waals surface area contributed by atoms with Crippen LogP contribution in [0.15, 0.2) is 60.6 Å². The predicted molar refractivity (Wildman–Crippen MR) is 100 cm³/mol. The van der Waals surface area contributed by atoms with Gasteiger partial charge in [-0.15, -0.1) is 6.58 Å². The van der Waals surface area contributed by atoms with Crippen molar-refractivity contribution in [1.82, 2.24) is 19.8 Å². The number of benzene rings is 1. The van der Waals surface area contributed by atoms with Crippen molar-refractivity contribution in [1.29, 1.82) is 0 Å². The van der Waals surface area contributed by atoms with Crippen LogP contribution < -0.4 is 5.32 Å². The Hall–Kier alpha value is -2.56. The van der Waals surface area contributed by atoms with Crippen LogP contribution in [0, 0.1) is 0 Å². The number of aliphatic imine (C=N–C) groups is 1. The molecule has 1 aromatic carbocycles. The van der Waals surface area contributed by atoms with Crippen LogP contribution in [0.4, 0.5) is 0 Å². The maximum atomic E-state index is 4.80. The smallest absolute Gasteiger partial charge is 0.193 e. The Labute approximate surface area is 144 Å². The molecule has 5 heteroatoms. The zero-order valence-electron chi connectivity index (χ0n) is 14.7. The van der Waals surface area contributed by atoms with E-state index in [-0.39, 0.29) is 0 Å². The van der Waals surface area contributed by atoms with E-state index in [1.807, 2.05) is 35.3 Å². The topological polar surface area (TPSA) is 45.5 Å². The molecule has 24 heavy (non-hydrogen) atoms. The molecule has 1 heterocycles. The van der Waals surface area contributed by atoms with E-state index in [1.165, 1.54) is 5.56 Å². The zero-order valence-corrected chi connectivity index (χ0v) is 14.7. The van der Waals surface area contributed by atoms with Crippen LogP contribution in [0.2, 0.25) is 0 Å². The molecule has 0 fully saturated rings. The number of hydrogen-bond donors (Lipinski definition) is 1. The normalized spacial score (nSPS) is 11.3. The number of unbranched alkanes of at least 4 members (excludes halogenated alkanes) is 1. The highest BCUT2D eigenvalue weighted by molar-refractivity contribution is 5.79. The Morgan fingerprint density at radius 2 is 2.25 bits per heavy atom. The van der Waals surface area contributed by atoms with Gasteiger partial charge in [-0.25, -0.2) is 9.98 Å². The van der Waals surface area contributed by atoms with Gasteiger partial charge in [-0.3, -0.25) is 0 Å². The van der Waals surface area contributed by atoms with E-state index < -0.39 is 0 Å². The molecule has 0 radical (unpaired) electrons. The molecular formula is C19H27N5. The molecule has 0 aliphatic heterocycles. The Balaban J connectivity index is 2.12. The fourth-order valence-electron chi connectivity index (χ4n) is 2.51. The minimum absolute atomic E-state index is 0.627. The Bertz CT molecular complexity index is 646. The van der Waals surface area contributed by atoms with Crippen LogP contribution in [-0.4, -0.2) is 40.5 Å². The van der Waals surface area contributed by atoms with Crippen molar-refractivity contribution in [3.63, 3.8) is 0 Å². The number of nitrogens with zero attached hydrogens (tertiary/aromatic N) is 4. The monoisotopic (exact) mass is 325 g/mol. The molecule has 0 amide bonds. The third-order valence-corrected chi connectivity index (χ3v) is 3.77. The van der Waals surface area contributed by atoms with Crippen molar-refractivity contribution < 1.29 is 0 Å². The first-order valence-electron chi connectivity index (χ1n) is 8.42. The van der Waals surface area contributed by atoms with Gasteiger partial charge in [0.25, 0.3) is 0 Å². The average Bonchev–Trinajstić information content (AvgIpc) is 3.13. The minimum Gasteiger partial charge on any atom is -0.357 e. The van der Waals surface area contributed by atoms with Gasteiger partial charge < -0.3 is 14.8 Å². The van der Waals surface area contributed by atoms with Crippen molar-refractivity contribution in [2.24, 2.45) is 4.99 Å². The molecule has 2 aromatic rings. The molecule has 0 aliphatic carbocycles. The highest BCUT2D eigenvalue weighted by atomic mass is 15.3. The molecule has 1 aromatic heterocycles. The van der Waals surface area contributed by atoms with E-state index in [0.717, 1.165) is 37.6 Å². The summed E-state index contributed by atoms with van der Waals surface area (Å²) >= 11 is 0. The van der Waals surface area contributed by atoms with Crippen molar-refractivity contribution in [2.75, 3.05) is 20.1 Å². The summed E-state index contributed by atoms with van der Waals surface area (Å²) in [7, 11) is 2.08. The summed E-state index contributed by atoms with van der Waals surface area (Å²) in [6.07, 6.45) is 9.62. The molecule has 0 spiro atoms. The molecule has 1 N–H and O–H groups in total. The third-order valence-electron chi connectivity index (χ3n) is 3.77. The lowest BCUT2D eigenvalue weighted by molar-refractivity contribution is 0.470. The molecule has 0 saturated heterocycles. The van der Waals surface area contributed by atoms with Crippen molar-refractivity contribution >= 4 is 5.96 Å². The van der Waals surface area contributed by atoms with Crippen LogP contribution in [-0.2, 0) is 6.54 Å². The van der Waals surface area contributed by atoms with Crippen molar-refractivity contribution in [3.8, 4) is 5.69 Å². The third kappa shape index (κ3) is 4.98. The molecule has 0 aliphatic rings. The standard InChI is InChI=1S/C19H27N5/c1-4-6-9-13-23(3)19(21-5-2)22-15-17-10-7-8-11-18(17)24-14-12-20-16-24/h4,7-8,10-12,14,16H,1,5-6,9,13,15H2,2-3H3,(H,21,22). The molecule has 0 atom stereocenters. The number of guanidine groups is 1. The molecule has 0 saturated carbocycles. The van der Waals surface area contributed by atoms with Gasteiger partial charge in [0.05, 0.1) is 18.6 Å². The van der Waals surface area contributed by atoms with Gasteiger partial charge in [0, 0.05) is 32.5 Å². The van der Waals surface area contributed by atoms with Crippen LogP contribution in [0.3, 0.4) is 0 Å². The van der Waals surface area contributed by atoms with Gasteiger partial charge in [0.15, 0.2) is 5.96 Å². The van der Waals surface area contributed by atoms with E-state index in [1.54, 1.807) is 6.20 Å². The number of nitrogens with one attached hydrogen (secondary N) is 1. The van der Waals surface area contributed by atoms with E-state index in [2.05, 4.69) is 47.9 Å². The first-order chi connectivity index (χ1) is 11.8. The Kier molecular flexibility index (Phi) is 7.08. The SMILES string of the molecule is C=CCCCN(C)C(=NCc1ccccc1-n1ccnc1)NCC. The van der Waals surface area contributed by atoms with E-state index in [0.29, 0.717) is 6.54 Å². The lowest BCUT2D eigenvalue weighted by Crippen LogP contribution is -2.39. The number of imidazole rings is 1. The molecule has 0 unspecified atom stereocenters. The summed E-state index contributed by atoms with van der Waals surface area (Å²) in [4.78, 5) is 11.1. The number of aromatic nitrogens is 2. The highest BCUT2D eigenvalue weighted by Crippen LogP contribution is 2.15. The van der Waals surface area contributed by atoms with Gasteiger partial charge in [-0.2, -0.15) is 0 Å². The number of rotatable bonds is 8. The number of para-hydroxylation sites is 1. The lowest BCUT2D eigenvalue weighted by Gasteiger charge is -2.22. The number of allylic oxidation sites excluding steroid dienone is 1. The molecular weight excluding hydrogens is 298 g/mol. The predicted octanol–water partition coefficient (Wildman–Crippen LogP) is 3.24. The van der Waals surface area contributed by atoms with Gasteiger partial charge in [-0.05, 0) is 31.4 Å². The van der Waals surface area contributed by atoms with Gasteiger partial charge in [-0.1, -0.05) is 24.3 Å². The van der Waals surface area contributed by atoms with Crippen molar-refractivity contribution in [2.45, 2.75) is 26.3 Å². The van der Waals surface area contributed by atoms with Crippen LogP contribution in [0.5, 0.6) is 0 Å². The molecule has 2 rings (SSSR count). The summed E-state index contributed by atoms with van der Waals surface area (Å²) in [5.41, 5.74) is 2.29. The quantitative estimate of drug-likeness (QED) is 0.351. The summed E-state index contributed by atoms with van der Waals surface area (Å²) in [6, 6.07) is 8.29. The van der Waals surface area contributed by atoms with E-state index in [4.69, 9.17) is 4.99 Å². The van der Waals surface area contributed by atoms with Gasteiger partial charge in [0.1, 0.15) is 0 Å². The largest absolute Gasteiger partial charge is 0.357 e.